The molecule has 0 atom stereocenters. The van der Waals surface area contributed by atoms with Crippen molar-refractivity contribution in [1.29, 1.82) is 0 Å². The summed E-state index contributed by atoms with van der Waals surface area (Å²) in [7, 11) is -2.89. The maximum absolute atomic E-state index is 12.5. The molecular formula is C13H10N4O6S2. The smallest absolute Gasteiger partial charge is 0.345 e. The van der Waals surface area contributed by atoms with Crippen LogP contribution in [0.2, 0.25) is 0 Å². The lowest BCUT2D eigenvalue weighted by Crippen LogP contribution is -2.37. The van der Waals surface area contributed by atoms with E-state index in [1.165, 1.54) is 24.3 Å². The normalized spacial score (nSPS) is 15.6. The van der Waals surface area contributed by atoms with Crippen molar-refractivity contribution in [1.82, 2.24) is 9.29 Å². The first-order valence-corrected chi connectivity index (χ1v) is 8.92. The van der Waals surface area contributed by atoms with Gasteiger partial charge in [0, 0.05) is 12.6 Å². The number of amides is 1. The second-order valence-electron chi connectivity index (χ2n) is 4.88. The number of hydrogen-bond donors (Lipinski definition) is 2. The average molecular weight is 382 g/mol. The number of benzene rings is 1. The van der Waals surface area contributed by atoms with Crippen molar-refractivity contribution in [2.75, 3.05) is 12.4 Å². The fraction of sp³-hybridized carbons (Fsp3) is 0.0769. The molecule has 12 heteroatoms. The van der Waals surface area contributed by atoms with Crippen LogP contribution < -0.4 is 5.32 Å². The molecule has 0 radical (unpaired) electrons. The summed E-state index contributed by atoms with van der Waals surface area (Å²) >= 11 is 0.607. The van der Waals surface area contributed by atoms with Crippen LogP contribution in [0.4, 0.5) is 10.1 Å². The Morgan fingerprint density at radius 3 is 2.72 bits per heavy atom. The standard InChI is InChI=1S/C13H10N4O6S2/c1-16-10(12(19)15-13-14-6-9(24-13)17(20)21)11(18)7-4-2-3-5-8(7)25(16,22)23/h2-6,18H,1H3,(H,14,15,19). The summed E-state index contributed by atoms with van der Waals surface area (Å²) in [6.45, 7) is 0. The van der Waals surface area contributed by atoms with Gasteiger partial charge in [-0.2, -0.15) is 0 Å². The van der Waals surface area contributed by atoms with Crippen LogP contribution in [0.5, 0.6) is 0 Å². The molecule has 1 amide bonds. The maximum atomic E-state index is 12.5. The lowest BCUT2D eigenvalue weighted by molar-refractivity contribution is -0.380. The molecule has 1 aromatic carbocycles. The molecule has 10 nitrogen and oxygen atoms in total. The van der Waals surface area contributed by atoms with Gasteiger partial charge in [0.15, 0.2) is 16.6 Å². The SMILES string of the molecule is CN1C(C(=O)Nc2ncc([N+](=O)[O-])s2)=C(O)c2ccccc2S1(=O)=O. The predicted molar refractivity (Wildman–Crippen MR) is 88.3 cm³/mol. The van der Waals surface area contributed by atoms with Gasteiger partial charge in [-0.25, -0.2) is 13.4 Å². The first-order valence-electron chi connectivity index (χ1n) is 6.66. The van der Waals surface area contributed by atoms with Gasteiger partial charge in [0.2, 0.25) is 0 Å². The zero-order valence-corrected chi connectivity index (χ0v) is 14.2. The summed E-state index contributed by atoms with van der Waals surface area (Å²) in [5.74, 6) is -1.47. The lowest BCUT2D eigenvalue weighted by atomic mass is 10.1. The first-order chi connectivity index (χ1) is 11.7. The van der Waals surface area contributed by atoms with Crippen molar-refractivity contribution >= 4 is 43.2 Å². The Morgan fingerprint density at radius 2 is 2.08 bits per heavy atom. The zero-order chi connectivity index (χ0) is 18.4. The third-order valence-corrected chi connectivity index (χ3v) is 6.11. The monoisotopic (exact) mass is 382 g/mol. The highest BCUT2D eigenvalue weighted by Crippen LogP contribution is 2.35. The van der Waals surface area contributed by atoms with Gasteiger partial charge < -0.3 is 5.11 Å². The Hall–Kier alpha value is -2.99. The molecule has 2 aromatic rings. The van der Waals surface area contributed by atoms with E-state index in [4.69, 9.17) is 0 Å². The molecule has 0 bridgehead atoms. The number of nitro groups is 1. The number of carbonyl (C=O) groups excluding carboxylic acids is 1. The summed E-state index contributed by atoms with van der Waals surface area (Å²) in [6, 6.07) is 5.71. The fourth-order valence-corrected chi connectivity index (χ4v) is 4.27. The molecular weight excluding hydrogens is 372 g/mol. The minimum atomic E-state index is -4.02. The van der Waals surface area contributed by atoms with E-state index < -0.39 is 32.3 Å². The zero-order valence-electron chi connectivity index (χ0n) is 12.5. The van der Waals surface area contributed by atoms with Crippen LogP contribution in [0.25, 0.3) is 5.76 Å². The van der Waals surface area contributed by atoms with Crippen LogP contribution >= 0.6 is 11.3 Å². The maximum Gasteiger partial charge on any atom is 0.345 e. The molecule has 0 fully saturated rings. The molecule has 0 unspecified atom stereocenters. The molecule has 2 heterocycles. The van der Waals surface area contributed by atoms with Crippen molar-refractivity contribution in [3.8, 4) is 0 Å². The Labute approximate surface area is 145 Å². The Morgan fingerprint density at radius 1 is 1.40 bits per heavy atom. The van der Waals surface area contributed by atoms with E-state index in [0.717, 1.165) is 13.2 Å². The quantitative estimate of drug-likeness (QED) is 0.605. The molecule has 1 aliphatic heterocycles. The van der Waals surface area contributed by atoms with E-state index in [2.05, 4.69) is 10.3 Å². The molecule has 25 heavy (non-hydrogen) atoms. The number of carbonyl (C=O) groups is 1. The Bertz CT molecular complexity index is 1030. The van der Waals surface area contributed by atoms with Crippen LogP contribution in [0.1, 0.15) is 5.56 Å². The molecule has 0 spiro atoms. The third-order valence-electron chi connectivity index (χ3n) is 3.43. The van der Waals surface area contributed by atoms with Crippen molar-refractivity contribution in [3.63, 3.8) is 0 Å². The van der Waals surface area contributed by atoms with Crippen LogP contribution in [0.3, 0.4) is 0 Å². The number of hydrogen-bond acceptors (Lipinski definition) is 8. The van der Waals surface area contributed by atoms with Crippen molar-refractivity contribution in [2.45, 2.75) is 4.90 Å². The number of nitrogens with zero attached hydrogens (tertiary/aromatic N) is 3. The molecule has 130 valence electrons. The molecule has 1 aliphatic rings. The molecule has 0 aliphatic carbocycles. The second-order valence-corrected chi connectivity index (χ2v) is 7.83. The number of fused-ring (bicyclic) bond motifs is 1. The lowest BCUT2D eigenvalue weighted by Gasteiger charge is -2.28. The largest absolute Gasteiger partial charge is 0.505 e. The van der Waals surface area contributed by atoms with E-state index in [1.54, 1.807) is 0 Å². The van der Waals surface area contributed by atoms with Gasteiger partial charge in [0.25, 0.3) is 15.9 Å². The van der Waals surface area contributed by atoms with Crippen molar-refractivity contribution in [2.24, 2.45) is 0 Å². The number of nitrogens with one attached hydrogen (secondary N) is 1. The van der Waals surface area contributed by atoms with Gasteiger partial charge in [-0.05, 0) is 23.5 Å². The highest BCUT2D eigenvalue weighted by atomic mass is 32.2. The summed E-state index contributed by atoms with van der Waals surface area (Å²) in [5.41, 5.74) is -0.507. The number of rotatable bonds is 3. The van der Waals surface area contributed by atoms with Crippen LogP contribution in [0, 0.1) is 10.1 Å². The third kappa shape index (κ3) is 2.70. The van der Waals surface area contributed by atoms with Gasteiger partial charge in [-0.3, -0.25) is 24.5 Å². The van der Waals surface area contributed by atoms with Crippen LogP contribution in [-0.4, -0.2) is 40.7 Å². The van der Waals surface area contributed by atoms with E-state index in [0.29, 0.717) is 15.6 Å². The molecule has 0 saturated carbocycles. The molecule has 3 rings (SSSR count). The van der Waals surface area contributed by atoms with Crippen molar-refractivity contribution < 1.29 is 23.2 Å². The van der Waals surface area contributed by atoms with E-state index in [9.17, 15) is 28.4 Å². The minimum Gasteiger partial charge on any atom is -0.505 e. The van der Waals surface area contributed by atoms with Gasteiger partial charge in [-0.15, -0.1) is 0 Å². The van der Waals surface area contributed by atoms with Crippen molar-refractivity contribution in [3.05, 3.63) is 51.8 Å². The summed E-state index contributed by atoms with van der Waals surface area (Å²) in [5, 5.41) is 22.9. The Balaban J connectivity index is 2.03. The van der Waals surface area contributed by atoms with E-state index in [-0.39, 0.29) is 20.6 Å². The molecule has 2 N–H and O–H groups in total. The Kier molecular flexibility index (Phi) is 3.93. The first kappa shape index (κ1) is 16.9. The minimum absolute atomic E-state index is 0.00382. The molecule has 1 aromatic heterocycles. The number of sulfonamides is 1. The number of aliphatic hydroxyl groups is 1. The fourth-order valence-electron chi connectivity index (χ4n) is 2.25. The number of aliphatic hydroxyl groups excluding tert-OH is 1. The van der Waals surface area contributed by atoms with E-state index >= 15 is 0 Å². The predicted octanol–water partition coefficient (Wildman–Crippen LogP) is 1.55. The highest BCUT2D eigenvalue weighted by molar-refractivity contribution is 7.89. The summed E-state index contributed by atoms with van der Waals surface area (Å²) < 4.78 is 25.7. The number of anilines is 1. The number of aromatic nitrogens is 1. The summed E-state index contributed by atoms with van der Waals surface area (Å²) in [6.07, 6.45) is 0.963. The summed E-state index contributed by atoms with van der Waals surface area (Å²) in [4.78, 5) is 26.0. The van der Waals surface area contributed by atoms with Gasteiger partial charge in [0.05, 0.1) is 9.82 Å². The van der Waals surface area contributed by atoms with Crippen LogP contribution in [0.15, 0.2) is 41.1 Å². The van der Waals surface area contributed by atoms with Crippen LogP contribution in [-0.2, 0) is 14.8 Å². The number of likely N-dealkylation sites (N-methyl/N-ethyl adjacent to an activating group) is 1. The molecule has 0 saturated heterocycles. The van der Waals surface area contributed by atoms with Gasteiger partial charge in [-0.1, -0.05) is 12.1 Å². The second kappa shape index (κ2) is 5.82. The average Bonchev–Trinajstić information content (AvgIpc) is 3.02. The number of thiazole rings is 1. The topological polar surface area (TPSA) is 143 Å². The van der Waals surface area contributed by atoms with Gasteiger partial charge >= 0.3 is 5.00 Å². The van der Waals surface area contributed by atoms with Gasteiger partial charge in [0.1, 0.15) is 6.20 Å². The van der Waals surface area contributed by atoms with E-state index in [1.807, 2.05) is 0 Å². The highest BCUT2D eigenvalue weighted by Gasteiger charge is 2.38.